The summed E-state index contributed by atoms with van der Waals surface area (Å²) < 4.78 is 4.92. The Morgan fingerprint density at radius 2 is 1.93 bits per heavy atom. The van der Waals surface area contributed by atoms with Crippen LogP contribution >= 0.6 is 23.2 Å². The topological polar surface area (TPSA) is 26.3 Å². The number of hydrogen-bond donors (Lipinski definition) is 0. The van der Waals surface area contributed by atoms with Crippen molar-refractivity contribution >= 4 is 29.2 Å². The van der Waals surface area contributed by atoms with Gasteiger partial charge >= 0.3 is 5.97 Å². The Morgan fingerprint density at radius 1 is 1.33 bits per heavy atom. The maximum Gasteiger partial charge on any atom is 0.323 e. The molecule has 0 amide bonds. The smallest absolute Gasteiger partial charge is 0.323 e. The highest BCUT2D eigenvalue weighted by atomic mass is 35.5. The van der Waals surface area contributed by atoms with Crippen molar-refractivity contribution in [2.45, 2.75) is 17.7 Å². The minimum Gasteiger partial charge on any atom is -0.463 e. The lowest BCUT2D eigenvalue weighted by Gasteiger charge is -2.11. The highest BCUT2D eigenvalue weighted by Crippen LogP contribution is 2.20. The Morgan fingerprint density at radius 3 is 2.47 bits per heavy atom. The molecule has 2 unspecified atom stereocenters. The lowest BCUT2D eigenvalue weighted by molar-refractivity contribution is -0.142. The fraction of sp³-hybridized carbons (Fsp3) is 0.364. The summed E-state index contributed by atoms with van der Waals surface area (Å²) in [5, 5.41) is -0.963. The molecule has 1 rings (SSSR count). The van der Waals surface area contributed by atoms with E-state index in [-0.39, 0.29) is 12.0 Å². The molecule has 2 atom stereocenters. The predicted octanol–water partition coefficient (Wildman–Crippen LogP) is 3.14. The molecule has 0 aliphatic rings. The molecular formula is C11H12Cl2O2. The van der Waals surface area contributed by atoms with Crippen molar-refractivity contribution in [1.82, 2.24) is 0 Å². The molecule has 0 spiro atoms. The maximum atomic E-state index is 11.1. The van der Waals surface area contributed by atoms with Gasteiger partial charge in [0.1, 0.15) is 12.0 Å². The zero-order chi connectivity index (χ0) is 11.3. The lowest BCUT2D eigenvalue weighted by atomic mass is 10.2. The summed E-state index contributed by atoms with van der Waals surface area (Å²) in [6, 6.07) is 9.44. The molecule has 4 heteroatoms. The largest absolute Gasteiger partial charge is 0.463 e. The van der Waals surface area contributed by atoms with Gasteiger partial charge in [0.25, 0.3) is 0 Å². The maximum absolute atomic E-state index is 11.1. The summed E-state index contributed by atoms with van der Waals surface area (Å²) in [6.07, 6.45) is 0. The number of rotatable bonds is 4. The van der Waals surface area contributed by atoms with Gasteiger partial charge in [-0.15, -0.1) is 23.2 Å². The van der Waals surface area contributed by atoms with Crippen molar-refractivity contribution in [2.24, 2.45) is 0 Å². The summed E-state index contributed by atoms with van der Waals surface area (Å²) in [4.78, 5) is 11.1. The van der Waals surface area contributed by atoms with Crippen molar-refractivity contribution < 1.29 is 9.53 Å². The highest BCUT2D eigenvalue weighted by Gasteiger charge is 2.14. The van der Waals surface area contributed by atoms with Gasteiger partial charge in [0, 0.05) is 0 Å². The van der Waals surface area contributed by atoms with E-state index >= 15 is 0 Å². The second-order valence-corrected chi connectivity index (χ2v) is 4.31. The first-order chi connectivity index (χ1) is 7.11. The van der Waals surface area contributed by atoms with Crippen LogP contribution in [0.3, 0.4) is 0 Å². The van der Waals surface area contributed by atoms with Crippen LogP contribution < -0.4 is 0 Å². The average Bonchev–Trinajstić information content (AvgIpc) is 2.26. The van der Waals surface area contributed by atoms with Crippen LogP contribution in [-0.4, -0.2) is 18.0 Å². The van der Waals surface area contributed by atoms with E-state index in [0.717, 1.165) is 5.56 Å². The van der Waals surface area contributed by atoms with Gasteiger partial charge in [0.2, 0.25) is 0 Å². The molecule has 0 fully saturated rings. The predicted molar refractivity (Wildman–Crippen MR) is 61.3 cm³/mol. The summed E-state index contributed by atoms with van der Waals surface area (Å²) in [5.41, 5.74) is 0.925. The fourth-order valence-corrected chi connectivity index (χ4v) is 1.30. The van der Waals surface area contributed by atoms with Gasteiger partial charge in [-0.25, -0.2) is 0 Å². The van der Waals surface area contributed by atoms with E-state index in [1.54, 1.807) is 6.92 Å². The molecule has 2 nitrogen and oxygen atoms in total. The Bertz CT molecular complexity index is 312. The van der Waals surface area contributed by atoms with Crippen LogP contribution in [0, 0.1) is 0 Å². The lowest BCUT2D eigenvalue weighted by Crippen LogP contribution is -2.16. The van der Waals surface area contributed by atoms with Crippen LogP contribution in [0.25, 0.3) is 0 Å². The number of carbonyl (C=O) groups excluding carboxylic acids is 1. The average molecular weight is 247 g/mol. The van der Waals surface area contributed by atoms with Crippen LogP contribution in [0.4, 0.5) is 0 Å². The van der Waals surface area contributed by atoms with Gasteiger partial charge in [0.05, 0.1) is 5.38 Å². The third-order valence-electron chi connectivity index (χ3n) is 1.86. The number of alkyl halides is 2. The van der Waals surface area contributed by atoms with E-state index in [1.807, 2.05) is 30.3 Å². The first-order valence-corrected chi connectivity index (χ1v) is 5.48. The van der Waals surface area contributed by atoms with E-state index in [1.165, 1.54) is 0 Å². The van der Waals surface area contributed by atoms with Gasteiger partial charge in [-0.2, -0.15) is 0 Å². The molecule has 0 N–H and O–H groups in total. The van der Waals surface area contributed by atoms with Crippen LogP contribution in [0.5, 0.6) is 0 Å². The molecule has 1 aromatic carbocycles. The quantitative estimate of drug-likeness (QED) is 0.603. The van der Waals surface area contributed by atoms with Gasteiger partial charge in [-0.05, 0) is 12.5 Å². The Kier molecular flexibility index (Phi) is 4.92. The number of halogens is 2. The van der Waals surface area contributed by atoms with Gasteiger partial charge in [-0.1, -0.05) is 30.3 Å². The number of benzene rings is 1. The number of ether oxygens (including phenoxy) is 1. The van der Waals surface area contributed by atoms with Crippen LogP contribution in [-0.2, 0) is 9.53 Å². The van der Waals surface area contributed by atoms with Crippen molar-refractivity contribution in [3.05, 3.63) is 35.9 Å². The Hall–Kier alpha value is -0.730. The normalized spacial score (nSPS) is 14.3. The Balaban J connectivity index is 2.44. The first kappa shape index (κ1) is 12.3. The molecule has 0 aliphatic carbocycles. The summed E-state index contributed by atoms with van der Waals surface area (Å²) >= 11 is 11.6. The molecular weight excluding hydrogens is 235 g/mol. The zero-order valence-corrected chi connectivity index (χ0v) is 9.83. The molecule has 0 aliphatic heterocycles. The van der Waals surface area contributed by atoms with E-state index in [9.17, 15) is 4.79 Å². The monoisotopic (exact) mass is 246 g/mol. The Labute approximate surface area is 99.1 Å². The number of carbonyl (C=O) groups is 1. The fourth-order valence-electron chi connectivity index (χ4n) is 1.03. The first-order valence-electron chi connectivity index (χ1n) is 4.61. The molecule has 0 aromatic heterocycles. The summed E-state index contributed by atoms with van der Waals surface area (Å²) in [5.74, 6) is -0.446. The van der Waals surface area contributed by atoms with E-state index in [0.29, 0.717) is 0 Å². The van der Waals surface area contributed by atoms with E-state index in [2.05, 4.69) is 0 Å². The molecule has 0 bridgehead atoms. The van der Waals surface area contributed by atoms with Crippen molar-refractivity contribution in [3.63, 3.8) is 0 Å². The van der Waals surface area contributed by atoms with E-state index < -0.39 is 11.3 Å². The van der Waals surface area contributed by atoms with Gasteiger partial charge in [0.15, 0.2) is 0 Å². The van der Waals surface area contributed by atoms with Gasteiger partial charge in [-0.3, -0.25) is 4.79 Å². The molecule has 0 radical (unpaired) electrons. The molecule has 82 valence electrons. The molecule has 1 aromatic rings. The van der Waals surface area contributed by atoms with Crippen molar-refractivity contribution in [3.8, 4) is 0 Å². The van der Waals surface area contributed by atoms with E-state index in [4.69, 9.17) is 27.9 Å². The van der Waals surface area contributed by atoms with Crippen LogP contribution in [0.2, 0.25) is 0 Å². The molecule has 0 saturated heterocycles. The molecule has 15 heavy (non-hydrogen) atoms. The third-order valence-corrected chi connectivity index (χ3v) is 2.41. The molecule has 0 saturated carbocycles. The summed E-state index contributed by atoms with van der Waals surface area (Å²) in [7, 11) is 0. The van der Waals surface area contributed by atoms with Gasteiger partial charge < -0.3 is 4.74 Å². The standard InChI is InChI=1S/C11H12Cl2O2/c1-8(12)11(14)15-7-10(13)9-5-3-2-4-6-9/h2-6,8,10H,7H2,1H3. The van der Waals surface area contributed by atoms with Crippen molar-refractivity contribution in [1.29, 1.82) is 0 Å². The van der Waals surface area contributed by atoms with Crippen molar-refractivity contribution in [2.75, 3.05) is 6.61 Å². The number of esters is 1. The van der Waals surface area contributed by atoms with Crippen LogP contribution in [0.1, 0.15) is 17.9 Å². The minimum absolute atomic E-state index is 0.140. The SMILES string of the molecule is CC(Cl)C(=O)OCC(Cl)c1ccccc1. The number of hydrogen-bond acceptors (Lipinski definition) is 2. The minimum atomic E-state index is -0.635. The summed E-state index contributed by atoms with van der Waals surface area (Å²) in [6.45, 7) is 1.71. The zero-order valence-electron chi connectivity index (χ0n) is 8.32. The molecule has 0 heterocycles. The van der Waals surface area contributed by atoms with Crippen LogP contribution in [0.15, 0.2) is 30.3 Å². The third kappa shape index (κ3) is 4.10. The highest BCUT2D eigenvalue weighted by molar-refractivity contribution is 6.29. The second kappa shape index (κ2) is 5.99. The second-order valence-electron chi connectivity index (χ2n) is 3.12.